The fourth-order valence-electron chi connectivity index (χ4n) is 2.82. The molecule has 1 spiro atoms. The molecule has 0 aromatic rings. The predicted molar refractivity (Wildman–Crippen MR) is 54.6 cm³/mol. The molecule has 1 nitrogen and oxygen atoms in total. The van der Waals surface area contributed by atoms with E-state index in [1.165, 1.54) is 12.8 Å². The first-order valence-corrected chi connectivity index (χ1v) is 5.52. The lowest BCUT2D eigenvalue weighted by Crippen LogP contribution is -2.51. The van der Waals surface area contributed by atoms with Crippen molar-refractivity contribution in [3.8, 4) is 0 Å². The molecule has 13 heavy (non-hydrogen) atoms. The summed E-state index contributed by atoms with van der Waals surface area (Å²) in [5, 5.41) is 3.31. The Morgan fingerprint density at radius 2 is 1.54 bits per heavy atom. The van der Waals surface area contributed by atoms with Crippen LogP contribution in [-0.4, -0.2) is 18.8 Å². The lowest BCUT2D eigenvalue weighted by atomic mass is 9.57. The van der Waals surface area contributed by atoms with E-state index in [2.05, 4.69) is 5.32 Å². The van der Waals surface area contributed by atoms with Crippen LogP contribution in [0.5, 0.6) is 0 Å². The van der Waals surface area contributed by atoms with E-state index in [4.69, 9.17) is 0 Å². The van der Waals surface area contributed by atoms with Crippen LogP contribution in [0.25, 0.3) is 0 Å². The summed E-state index contributed by atoms with van der Waals surface area (Å²) in [7, 11) is 0. The van der Waals surface area contributed by atoms with Crippen LogP contribution in [-0.2, 0) is 0 Å². The van der Waals surface area contributed by atoms with Gasteiger partial charge in [-0.05, 0) is 51.1 Å². The molecule has 2 aliphatic rings. The molecule has 2 heteroatoms. The third kappa shape index (κ3) is 2.43. The van der Waals surface area contributed by atoms with Crippen molar-refractivity contribution in [2.75, 3.05) is 13.1 Å². The van der Waals surface area contributed by atoms with Crippen molar-refractivity contribution in [1.29, 1.82) is 0 Å². The van der Waals surface area contributed by atoms with Gasteiger partial charge in [0.1, 0.15) is 5.67 Å². The Bertz CT molecular complexity index is 149. The molecule has 1 aliphatic carbocycles. The van der Waals surface area contributed by atoms with Crippen LogP contribution in [0.15, 0.2) is 0 Å². The molecule has 0 atom stereocenters. The molecule has 1 aliphatic heterocycles. The van der Waals surface area contributed by atoms with Crippen LogP contribution in [0.3, 0.4) is 0 Å². The number of rotatable bonds is 0. The number of halogens is 1. The molecule has 0 radical (unpaired) electrons. The Kier molecular flexibility index (Phi) is 3.33. The van der Waals surface area contributed by atoms with Crippen molar-refractivity contribution in [3.63, 3.8) is 0 Å². The summed E-state index contributed by atoms with van der Waals surface area (Å²) in [5.74, 6) is 0. The second kappa shape index (κ2) is 3.95. The molecule has 1 saturated carbocycles. The summed E-state index contributed by atoms with van der Waals surface area (Å²) in [5.41, 5.74) is -0.438. The van der Waals surface area contributed by atoms with E-state index in [0.29, 0.717) is 5.41 Å². The van der Waals surface area contributed by atoms with Crippen LogP contribution < -0.4 is 5.32 Å². The van der Waals surface area contributed by atoms with Crippen molar-refractivity contribution < 1.29 is 4.39 Å². The van der Waals surface area contributed by atoms with Crippen LogP contribution >= 0.6 is 0 Å². The number of nitrogens with one attached hydrogen (secondary N) is 1. The van der Waals surface area contributed by atoms with Gasteiger partial charge in [0.15, 0.2) is 0 Å². The zero-order chi connectivity index (χ0) is 9.95. The van der Waals surface area contributed by atoms with E-state index >= 15 is 0 Å². The summed E-state index contributed by atoms with van der Waals surface area (Å²) in [6.45, 7) is 7.92. The average molecular weight is 187 g/mol. The van der Waals surface area contributed by atoms with E-state index in [9.17, 15) is 4.39 Å². The van der Waals surface area contributed by atoms with Crippen molar-refractivity contribution >= 4 is 0 Å². The second-order valence-corrected chi connectivity index (χ2v) is 4.52. The monoisotopic (exact) mass is 187 g/mol. The Hall–Kier alpha value is -0.110. The molecule has 0 aromatic carbocycles. The Morgan fingerprint density at radius 1 is 1.08 bits per heavy atom. The SMILES string of the molecule is CC.CC1(F)CC2(CCNCC2)C1. The molecular weight excluding hydrogens is 165 g/mol. The van der Waals surface area contributed by atoms with Crippen molar-refractivity contribution in [3.05, 3.63) is 0 Å². The summed E-state index contributed by atoms with van der Waals surface area (Å²) >= 11 is 0. The van der Waals surface area contributed by atoms with Crippen LogP contribution in [0, 0.1) is 5.41 Å². The maximum atomic E-state index is 13.2. The molecule has 1 saturated heterocycles. The van der Waals surface area contributed by atoms with Crippen LogP contribution in [0.2, 0.25) is 0 Å². The van der Waals surface area contributed by atoms with Gasteiger partial charge >= 0.3 is 0 Å². The minimum atomic E-state index is -0.836. The first-order valence-electron chi connectivity index (χ1n) is 5.52. The third-order valence-electron chi connectivity index (χ3n) is 3.15. The normalized spacial score (nSPS) is 28.6. The first kappa shape index (κ1) is 11.0. The number of hydrogen-bond acceptors (Lipinski definition) is 1. The molecule has 78 valence electrons. The van der Waals surface area contributed by atoms with E-state index in [-0.39, 0.29) is 0 Å². The molecule has 0 unspecified atom stereocenters. The van der Waals surface area contributed by atoms with Gasteiger partial charge in [-0.2, -0.15) is 0 Å². The van der Waals surface area contributed by atoms with Gasteiger partial charge in [0, 0.05) is 0 Å². The molecule has 0 aromatic heterocycles. The van der Waals surface area contributed by atoms with Gasteiger partial charge in [-0.25, -0.2) is 4.39 Å². The van der Waals surface area contributed by atoms with Gasteiger partial charge < -0.3 is 5.32 Å². The van der Waals surface area contributed by atoms with Crippen molar-refractivity contribution in [2.24, 2.45) is 5.41 Å². The van der Waals surface area contributed by atoms with E-state index in [0.717, 1.165) is 25.9 Å². The Morgan fingerprint density at radius 3 is 1.92 bits per heavy atom. The number of alkyl halides is 1. The lowest BCUT2D eigenvalue weighted by Gasteiger charge is -2.52. The summed E-state index contributed by atoms with van der Waals surface area (Å²) < 4.78 is 13.2. The molecule has 0 amide bonds. The summed E-state index contributed by atoms with van der Waals surface area (Å²) in [6.07, 6.45) is 3.99. The molecule has 1 heterocycles. The van der Waals surface area contributed by atoms with Gasteiger partial charge in [0.05, 0.1) is 0 Å². The van der Waals surface area contributed by atoms with Gasteiger partial charge in [-0.1, -0.05) is 13.8 Å². The number of piperidine rings is 1. The highest BCUT2D eigenvalue weighted by Crippen LogP contribution is 2.55. The molecule has 2 rings (SSSR count). The maximum absolute atomic E-state index is 13.2. The minimum Gasteiger partial charge on any atom is -0.317 e. The van der Waals surface area contributed by atoms with Crippen LogP contribution in [0.1, 0.15) is 46.5 Å². The second-order valence-electron chi connectivity index (χ2n) is 4.52. The zero-order valence-corrected chi connectivity index (χ0v) is 9.12. The highest BCUT2D eigenvalue weighted by molar-refractivity contribution is 5.03. The maximum Gasteiger partial charge on any atom is 0.109 e. The summed E-state index contributed by atoms with van der Waals surface area (Å²) in [6, 6.07) is 0. The lowest BCUT2D eigenvalue weighted by molar-refractivity contribution is -0.0716. The molecule has 2 fully saturated rings. The van der Waals surface area contributed by atoms with E-state index in [1.807, 2.05) is 13.8 Å². The van der Waals surface area contributed by atoms with Gasteiger partial charge in [-0.15, -0.1) is 0 Å². The Balaban J connectivity index is 0.000000396. The molecule has 1 N–H and O–H groups in total. The average Bonchev–Trinajstić information content (AvgIpc) is 2.06. The van der Waals surface area contributed by atoms with Gasteiger partial charge in [0.25, 0.3) is 0 Å². The number of hydrogen-bond donors (Lipinski definition) is 1. The van der Waals surface area contributed by atoms with E-state index < -0.39 is 5.67 Å². The van der Waals surface area contributed by atoms with Gasteiger partial charge in [-0.3, -0.25) is 0 Å². The van der Waals surface area contributed by atoms with Crippen LogP contribution in [0.4, 0.5) is 4.39 Å². The topological polar surface area (TPSA) is 12.0 Å². The van der Waals surface area contributed by atoms with Gasteiger partial charge in [0.2, 0.25) is 0 Å². The smallest absolute Gasteiger partial charge is 0.109 e. The standard InChI is InChI=1S/C9H16FN.C2H6/c1-8(10)6-9(7-8)2-4-11-5-3-9;1-2/h11H,2-7H2,1H3;1-2H3. The quantitative estimate of drug-likeness (QED) is 0.615. The fourth-order valence-corrected chi connectivity index (χ4v) is 2.82. The highest BCUT2D eigenvalue weighted by atomic mass is 19.1. The first-order chi connectivity index (χ1) is 6.12. The highest BCUT2D eigenvalue weighted by Gasteiger charge is 2.52. The summed E-state index contributed by atoms with van der Waals surface area (Å²) in [4.78, 5) is 0. The molecular formula is C11H22FN. The predicted octanol–water partition coefficient (Wildman–Crippen LogP) is 2.90. The Labute approximate surface area is 81.1 Å². The van der Waals surface area contributed by atoms with Crippen molar-refractivity contribution in [2.45, 2.75) is 52.1 Å². The minimum absolute atomic E-state index is 0.398. The van der Waals surface area contributed by atoms with Crippen molar-refractivity contribution in [1.82, 2.24) is 5.32 Å². The van der Waals surface area contributed by atoms with E-state index in [1.54, 1.807) is 6.92 Å². The zero-order valence-electron chi connectivity index (χ0n) is 9.12. The molecule has 0 bridgehead atoms. The largest absolute Gasteiger partial charge is 0.317 e. The fraction of sp³-hybridized carbons (Fsp3) is 1.00. The third-order valence-corrected chi connectivity index (χ3v) is 3.15.